The van der Waals surface area contributed by atoms with Gasteiger partial charge in [-0.15, -0.1) is 0 Å². The van der Waals surface area contributed by atoms with Crippen molar-refractivity contribution in [3.63, 3.8) is 0 Å². The van der Waals surface area contributed by atoms with Crippen molar-refractivity contribution < 1.29 is 14.6 Å². The van der Waals surface area contributed by atoms with Crippen LogP contribution in [0.4, 0.5) is 0 Å². The van der Waals surface area contributed by atoms with E-state index in [-0.39, 0.29) is 0 Å². The summed E-state index contributed by atoms with van der Waals surface area (Å²) in [6.07, 6.45) is 0.503. The van der Waals surface area contributed by atoms with Crippen LogP contribution >= 0.6 is 15.9 Å². The molecule has 3 nitrogen and oxygen atoms in total. The Hall–Kier alpha value is -1.52. The van der Waals surface area contributed by atoms with E-state index in [4.69, 9.17) is 9.47 Å². The summed E-state index contributed by atoms with van der Waals surface area (Å²) in [6.45, 7) is 1.79. The Bertz CT molecular complexity index is 606. The largest absolute Gasteiger partial charge is 0.497 e. The molecule has 0 aromatic heterocycles. The van der Waals surface area contributed by atoms with Crippen LogP contribution < -0.4 is 9.47 Å². The molecule has 2 rings (SSSR count). The van der Waals surface area contributed by atoms with Crippen LogP contribution in [0, 0.1) is 0 Å². The normalized spacial score (nSPS) is 13.6. The minimum Gasteiger partial charge on any atom is -0.497 e. The number of hydrogen-bond donors (Lipinski definition) is 1. The predicted octanol–water partition coefficient (Wildman–Crippen LogP) is 3.92. The zero-order valence-electron chi connectivity index (χ0n) is 12.4. The summed E-state index contributed by atoms with van der Waals surface area (Å²) < 4.78 is 11.6. The van der Waals surface area contributed by atoms with Crippen LogP contribution in [0.15, 0.2) is 46.9 Å². The highest BCUT2D eigenvalue weighted by atomic mass is 79.9. The van der Waals surface area contributed by atoms with E-state index in [2.05, 4.69) is 15.9 Å². The van der Waals surface area contributed by atoms with Crippen LogP contribution in [0.25, 0.3) is 0 Å². The van der Waals surface area contributed by atoms with Crippen molar-refractivity contribution in [2.45, 2.75) is 18.9 Å². The number of rotatable bonds is 5. The molecule has 0 aliphatic carbocycles. The zero-order chi connectivity index (χ0) is 15.5. The quantitative estimate of drug-likeness (QED) is 0.888. The van der Waals surface area contributed by atoms with Gasteiger partial charge in [0.25, 0.3) is 0 Å². The third-order valence-electron chi connectivity index (χ3n) is 3.45. The molecule has 0 saturated heterocycles. The van der Waals surface area contributed by atoms with Crippen LogP contribution in [0.1, 0.15) is 18.1 Å². The number of aliphatic hydroxyl groups is 1. The molecule has 1 N–H and O–H groups in total. The van der Waals surface area contributed by atoms with Crippen molar-refractivity contribution in [3.05, 3.63) is 58.1 Å². The summed E-state index contributed by atoms with van der Waals surface area (Å²) >= 11 is 3.41. The molecule has 0 heterocycles. The second kappa shape index (κ2) is 6.50. The second-order valence-electron chi connectivity index (χ2n) is 5.14. The van der Waals surface area contributed by atoms with E-state index < -0.39 is 5.60 Å². The maximum atomic E-state index is 10.9. The first-order valence-corrected chi connectivity index (χ1v) is 7.45. The number of ether oxygens (including phenoxy) is 2. The fraction of sp³-hybridized carbons (Fsp3) is 0.294. The third kappa shape index (κ3) is 3.77. The first-order chi connectivity index (χ1) is 9.96. The van der Waals surface area contributed by atoms with Crippen molar-refractivity contribution in [1.82, 2.24) is 0 Å². The second-order valence-corrected chi connectivity index (χ2v) is 6.06. The van der Waals surface area contributed by atoms with Gasteiger partial charge in [0.2, 0.25) is 0 Å². The fourth-order valence-corrected chi connectivity index (χ4v) is 2.60. The highest BCUT2D eigenvalue weighted by molar-refractivity contribution is 9.10. The zero-order valence-corrected chi connectivity index (χ0v) is 14.0. The van der Waals surface area contributed by atoms with Gasteiger partial charge in [-0.1, -0.05) is 28.1 Å². The molecule has 21 heavy (non-hydrogen) atoms. The molecular formula is C17H19BrO3. The molecule has 0 radical (unpaired) electrons. The molecule has 0 bridgehead atoms. The molecule has 0 aliphatic rings. The molecule has 0 aliphatic heterocycles. The summed E-state index contributed by atoms with van der Waals surface area (Å²) in [4.78, 5) is 0. The molecule has 2 aromatic carbocycles. The van der Waals surface area contributed by atoms with E-state index in [1.54, 1.807) is 27.2 Å². The number of benzene rings is 2. The fourth-order valence-electron chi connectivity index (χ4n) is 2.34. The van der Waals surface area contributed by atoms with Crippen molar-refractivity contribution in [2.24, 2.45) is 0 Å². The van der Waals surface area contributed by atoms with Gasteiger partial charge >= 0.3 is 0 Å². The van der Waals surface area contributed by atoms with Crippen LogP contribution in [0.3, 0.4) is 0 Å². The highest BCUT2D eigenvalue weighted by Gasteiger charge is 2.27. The Balaban J connectivity index is 2.32. The first kappa shape index (κ1) is 15.9. The molecule has 4 heteroatoms. The molecule has 0 spiro atoms. The minimum absolute atomic E-state index is 0.503. The standard InChI is InChI=1S/C17H19BrO3/c1-17(19,11-12-4-6-13(18)7-5-12)15-9-8-14(20-2)10-16(15)21-3/h4-10,19H,11H2,1-3H3. The van der Waals surface area contributed by atoms with Crippen molar-refractivity contribution in [3.8, 4) is 11.5 Å². The number of methoxy groups -OCH3 is 2. The summed E-state index contributed by atoms with van der Waals surface area (Å²) in [6, 6.07) is 13.4. The molecule has 0 amide bonds. The van der Waals surface area contributed by atoms with E-state index >= 15 is 0 Å². The Morgan fingerprint density at radius 2 is 1.71 bits per heavy atom. The Morgan fingerprint density at radius 1 is 1.05 bits per heavy atom. The highest BCUT2D eigenvalue weighted by Crippen LogP contribution is 2.35. The first-order valence-electron chi connectivity index (χ1n) is 6.65. The SMILES string of the molecule is COc1ccc(C(C)(O)Cc2ccc(Br)cc2)c(OC)c1. The molecule has 0 saturated carbocycles. The van der Waals surface area contributed by atoms with Gasteiger partial charge in [-0.05, 0) is 36.8 Å². The maximum absolute atomic E-state index is 10.9. The summed E-state index contributed by atoms with van der Waals surface area (Å²) in [5.74, 6) is 1.33. The van der Waals surface area contributed by atoms with Gasteiger partial charge in [0.1, 0.15) is 11.5 Å². The minimum atomic E-state index is -1.02. The van der Waals surface area contributed by atoms with E-state index in [1.807, 2.05) is 36.4 Å². The smallest absolute Gasteiger partial charge is 0.128 e. The summed E-state index contributed by atoms with van der Waals surface area (Å²) in [5, 5.41) is 10.9. The van der Waals surface area contributed by atoms with Gasteiger partial charge in [0, 0.05) is 22.5 Å². The van der Waals surface area contributed by atoms with E-state index in [0.717, 1.165) is 15.6 Å². The topological polar surface area (TPSA) is 38.7 Å². The Kier molecular flexibility index (Phi) is 4.91. The predicted molar refractivity (Wildman–Crippen MR) is 87.0 cm³/mol. The van der Waals surface area contributed by atoms with Gasteiger partial charge in [-0.25, -0.2) is 0 Å². The van der Waals surface area contributed by atoms with Crippen LogP contribution in [0.5, 0.6) is 11.5 Å². The lowest BCUT2D eigenvalue weighted by molar-refractivity contribution is 0.0549. The Labute approximate surface area is 133 Å². The van der Waals surface area contributed by atoms with Gasteiger partial charge in [0.15, 0.2) is 0 Å². The molecule has 2 aromatic rings. The molecule has 1 unspecified atom stereocenters. The lowest BCUT2D eigenvalue weighted by Crippen LogP contribution is -2.25. The van der Waals surface area contributed by atoms with E-state index in [1.165, 1.54) is 0 Å². The number of halogens is 1. The average molecular weight is 351 g/mol. The number of hydrogen-bond acceptors (Lipinski definition) is 3. The van der Waals surface area contributed by atoms with Crippen molar-refractivity contribution >= 4 is 15.9 Å². The molecule has 0 fully saturated rings. The van der Waals surface area contributed by atoms with E-state index in [0.29, 0.717) is 17.9 Å². The lowest BCUT2D eigenvalue weighted by atomic mass is 9.88. The van der Waals surface area contributed by atoms with Crippen molar-refractivity contribution in [2.75, 3.05) is 14.2 Å². The van der Waals surface area contributed by atoms with Gasteiger partial charge in [-0.3, -0.25) is 0 Å². The molecule has 112 valence electrons. The van der Waals surface area contributed by atoms with Crippen LogP contribution in [0.2, 0.25) is 0 Å². The van der Waals surface area contributed by atoms with Gasteiger partial charge < -0.3 is 14.6 Å². The van der Waals surface area contributed by atoms with Crippen molar-refractivity contribution in [1.29, 1.82) is 0 Å². The Morgan fingerprint density at radius 3 is 2.29 bits per heavy atom. The lowest BCUT2D eigenvalue weighted by Gasteiger charge is -2.26. The summed E-state index contributed by atoms with van der Waals surface area (Å²) in [5.41, 5.74) is 0.778. The maximum Gasteiger partial charge on any atom is 0.128 e. The third-order valence-corrected chi connectivity index (χ3v) is 3.98. The van der Waals surface area contributed by atoms with Gasteiger partial charge in [-0.2, -0.15) is 0 Å². The summed E-state index contributed by atoms with van der Waals surface area (Å²) in [7, 11) is 3.20. The average Bonchev–Trinajstić information content (AvgIpc) is 2.48. The van der Waals surface area contributed by atoms with Crippen LogP contribution in [-0.2, 0) is 12.0 Å². The van der Waals surface area contributed by atoms with Crippen LogP contribution in [-0.4, -0.2) is 19.3 Å². The molecule has 1 atom stereocenters. The van der Waals surface area contributed by atoms with E-state index in [9.17, 15) is 5.11 Å². The van der Waals surface area contributed by atoms with Gasteiger partial charge in [0.05, 0.1) is 19.8 Å². The molecular weight excluding hydrogens is 332 g/mol. The monoisotopic (exact) mass is 350 g/mol.